The number of nitrogens with zero attached hydrogens (tertiary/aromatic N) is 1. The van der Waals surface area contributed by atoms with Crippen molar-refractivity contribution in [3.8, 4) is 11.5 Å². The fourth-order valence-corrected chi connectivity index (χ4v) is 3.24. The van der Waals surface area contributed by atoms with Crippen molar-refractivity contribution in [3.63, 3.8) is 0 Å². The number of nitro benzene ring substituents is 1. The molecule has 0 aromatic heterocycles. The van der Waals surface area contributed by atoms with Gasteiger partial charge in [-0.15, -0.1) is 11.8 Å². The first-order chi connectivity index (χ1) is 13.0. The van der Waals surface area contributed by atoms with E-state index in [4.69, 9.17) is 14.6 Å². The van der Waals surface area contributed by atoms with Gasteiger partial charge in [0, 0.05) is 34.0 Å². The molecule has 0 spiro atoms. The number of aliphatic hydroxyl groups is 2. The highest BCUT2D eigenvalue weighted by molar-refractivity contribution is 7.99. The second kappa shape index (κ2) is 8.25. The second-order valence-electron chi connectivity index (χ2n) is 5.64. The quantitative estimate of drug-likeness (QED) is 0.370. The lowest BCUT2D eigenvalue weighted by Gasteiger charge is -2.10. The van der Waals surface area contributed by atoms with Crippen molar-refractivity contribution in [3.05, 3.63) is 52.1 Å². The van der Waals surface area contributed by atoms with Crippen molar-refractivity contribution in [2.24, 2.45) is 0 Å². The number of fused-ring (bicyclic) bond motifs is 1. The number of carbonyl (C=O) groups excluding carboxylic acids is 1. The number of carbonyl (C=O) groups is 1. The van der Waals surface area contributed by atoms with Crippen LogP contribution in [0.2, 0.25) is 0 Å². The summed E-state index contributed by atoms with van der Waals surface area (Å²) in [7, 11) is 0. The van der Waals surface area contributed by atoms with Crippen molar-refractivity contribution in [1.82, 2.24) is 0 Å². The largest absolute Gasteiger partial charge is 0.454 e. The lowest BCUT2D eigenvalue weighted by molar-refractivity contribution is -0.385. The van der Waals surface area contributed by atoms with E-state index in [0.29, 0.717) is 22.0 Å². The molecule has 142 valence electrons. The van der Waals surface area contributed by atoms with Gasteiger partial charge in [-0.2, -0.15) is 0 Å². The molecule has 1 heterocycles. The molecule has 3 N–H and O–H groups in total. The van der Waals surface area contributed by atoms with Crippen LogP contribution in [0.5, 0.6) is 11.5 Å². The molecule has 0 unspecified atom stereocenters. The highest BCUT2D eigenvalue weighted by Gasteiger charge is 2.18. The van der Waals surface area contributed by atoms with Crippen LogP contribution in [0.1, 0.15) is 10.4 Å². The summed E-state index contributed by atoms with van der Waals surface area (Å²) in [6, 6.07) is 8.85. The molecular formula is C17H16N2O7S. The summed E-state index contributed by atoms with van der Waals surface area (Å²) >= 11 is 1.14. The summed E-state index contributed by atoms with van der Waals surface area (Å²) in [6.07, 6.45) is -0.944. The molecule has 1 aliphatic rings. The van der Waals surface area contributed by atoms with Crippen molar-refractivity contribution >= 4 is 29.0 Å². The predicted molar refractivity (Wildman–Crippen MR) is 97.4 cm³/mol. The van der Waals surface area contributed by atoms with Crippen LogP contribution in [0.3, 0.4) is 0 Å². The molecule has 2 aromatic carbocycles. The van der Waals surface area contributed by atoms with Gasteiger partial charge in [-0.1, -0.05) is 0 Å². The normalized spacial score (nSPS) is 13.3. The lowest BCUT2D eigenvalue weighted by Crippen LogP contribution is -2.14. The summed E-state index contributed by atoms with van der Waals surface area (Å²) in [5.74, 6) is 0.701. The van der Waals surface area contributed by atoms with Crippen molar-refractivity contribution < 1.29 is 29.4 Å². The fraction of sp³-hybridized carbons (Fsp3) is 0.235. The lowest BCUT2D eigenvalue weighted by atomic mass is 10.2. The Hall–Kier alpha value is -2.82. The fourth-order valence-electron chi connectivity index (χ4n) is 2.33. The first-order valence-electron chi connectivity index (χ1n) is 7.88. The first kappa shape index (κ1) is 19.0. The Kier molecular flexibility index (Phi) is 5.79. The molecule has 1 atom stereocenters. The maximum Gasteiger partial charge on any atom is 0.272 e. The number of hydrogen-bond donors (Lipinski definition) is 3. The number of hydrogen-bond acceptors (Lipinski definition) is 8. The summed E-state index contributed by atoms with van der Waals surface area (Å²) in [5, 5.41) is 32.1. The highest BCUT2D eigenvalue weighted by atomic mass is 32.2. The van der Waals surface area contributed by atoms with Gasteiger partial charge in [-0.3, -0.25) is 14.9 Å². The number of non-ortho nitro benzene ring substituents is 1. The second-order valence-corrected chi connectivity index (χ2v) is 6.74. The molecule has 0 radical (unpaired) electrons. The standard InChI is InChI=1S/C17H16N2O7S/c20-7-13(21)8-27-14-5-11(4-12(6-14)19(23)24)18-17(22)10-1-2-15-16(3-10)26-9-25-15/h1-6,13,20-21H,7-9H2,(H,18,22)/t13-/m1/s1. The van der Waals surface area contributed by atoms with Gasteiger partial charge < -0.3 is 25.0 Å². The van der Waals surface area contributed by atoms with Gasteiger partial charge in [0.05, 0.1) is 17.6 Å². The average molecular weight is 392 g/mol. The maximum absolute atomic E-state index is 12.5. The number of thioether (sulfide) groups is 1. The van der Waals surface area contributed by atoms with E-state index in [-0.39, 0.29) is 23.9 Å². The molecule has 1 aliphatic heterocycles. The summed E-state index contributed by atoms with van der Waals surface area (Å²) in [4.78, 5) is 23.5. The minimum absolute atomic E-state index is 0.0888. The number of nitro groups is 1. The topological polar surface area (TPSA) is 131 Å². The van der Waals surface area contributed by atoms with E-state index >= 15 is 0 Å². The molecule has 2 aromatic rings. The Bertz CT molecular complexity index is 874. The number of amides is 1. The minimum atomic E-state index is -0.944. The van der Waals surface area contributed by atoms with Crippen molar-refractivity contribution in [2.75, 3.05) is 24.5 Å². The van der Waals surface area contributed by atoms with Crippen LogP contribution in [-0.4, -0.2) is 46.3 Å². The molecule has 0 fully saturated rings. The van der Waals surface area contributed by atoms with Gasteiger partial charge in [0.25, 0.3) is 11.6 Å². The summed E-state index contributed by atoms with van der Waals surface area (Å²) in [5.41, 5.74) is 0.364. The first-order valence-corrected chi connectivity index (χ1v) is 8.87. The van der Waals surface area contributed by atoms with Gasteiger partial charge >= 0.3 is 0 Å². The third-order valence-electron chi connectivity index (χ3n) is 3.65. The smallest absolute Gasteiger partial charge is 0.272 e. The SMILES string of the molecule is O=C(Nc1cc(SC[C@H](O)CO)cc([N+](=O)[O-])c1)c1ccc2c(c1)OCO2. The number of rotatable bonds is 7. The van der Waals surface area contributed by atoms with Crippen LogP contribution in [0.4, 0.5) is 11.4 Å². The number of ether oxygens (including phenoxy) is 2. The Morgan fingerprint density at radius 1 is 1.26 bits per heavy atom. The molecule has 3 rings (SSSR count). The van der Waals surface area contributed by atoms with Gasteiger partial charge in [0.2, 0.25) is 6.79 Å². The van der Waals surface area contributed by atoms with E-state index in [0.717, 1.165) is 11.8 Å². The third-order valence-corrected chi connectivity index (χ3v) is 4.77. The van der Waals surface area contributed by atoms with Gasteiger partial charge in [-0.05, 0) is 24.3 Å². The summed E-state index contributed by atoms with van der Waals surface area (Å²) in [6.45, 7) is -0.318. The Morgan fingerprint density at radius 2 is 2.04 bits per heavy atom. The molecule has 1 amide bonds. The molecule has 9 nitrogen and oxygen atoms in total. The van der Waals surface area contributed by atoms with Gasteiger partial charge in [0.1, 0.15) is 0 Å². The van der Waals surface area contributed by atoms with Crippen LogP contribution >= 0.6 is 11.8 Å². The zero-order valence-electron chi connectivity index (χ0n) is 14.0. The average Bonchev–Trinajstić information content (AvgIpc) is 3.13. The molecular weight excluding hydrogens is 376 g/mol. The third kappa shape index (κ3) is 4.67. The zero-order chi connectivity index (χ0) is 19.4. The van der Waals surface area contributed by atoms with E-state index in [1.165, 1.54) is 18.2 Å². The van der Waals surface area contributed by atoms with E-state index in [9.17, 15) is 20.0 Å². The van der Waals surface area contributed by atoms with Crippen LogP contribution in [0, 0.1) is 10.1 Å². The van der Waals surface area contributed by atoms with Gasteiger partial charge in [-0.25, -0.2) is 0 Å². The Balaban J connectivity index is 1.79. The monoisotopic (exact) mass is 392 g/mol. The van der Waals surface area contributed by atoms with Crippen molar-refractivity contribution in [2.45, 2.75) is 11.0 Å². The van der Waals surface area contributed by atoms with Crippen LogP contribution < -0.4 is 14.8 Å². The van der Waals surface area contributed by atoms with Crippen molar-refractivity contribution in [1.29, 1.82) is 0 Å². The van der Waals surface area contributed by atoms with Crippen LogP contribution in [0.25, 0.3) is 0 Å². The molecule has 0 saturated heterocycles. The number of nitrogens with one attached hydrogen (secondary N) is 1. The van der Waals surface area contributed by atoms with Crippen LogP contribution in [-0.2, 0) is 0 Å². The molecule has 0 bridgehead atoms. The number of benzene rings is 2. The van der Waals surface area contributed by atoms with Crippen LogP contribution in [0.15, 0.2) is 41.3 Å². The van der Waals surface area contributed by atoms with E-state index in [2.05, 4.69) is 5.32 Å². The molecule has 27 heavy (non-hydrogen) atoms. The van der Waals surface area contributed by atoms with E-state index in [1.54, 1.807) is 18.2 Å². The summed E-state index contributed by atoms with van der Waals surface area (Å²) < 4.78 is 10.4. The maximum atomic E-state index is 12.5. The Labute approximate surface area is 158 Å². The molecule has 0 aliphatic carbocycles. The predicted octanol–water partition coefficient (Wildman–Crippen LogP) is 2.02. The van der Waals surface area contributed by atoms with E-state index in [1.807, 2.05) is 0 Å². The molecule has 0 saturated carbocycles. The zero-order valence-corrected chi connectivity index (χ0v) is 14.8. The number of anilines is 1. The minimum Gasteiger partial charge on any atom is -0.454 e. The van der Waals surface area contributed by atoms with Gasteiger partial charge in [0.15, 0.2) is 11.5 Å². The highest BCUT2D eigenvalue weighted by Crippen LogP contribution is 2.33. The number of aliphatic hydroxyl groups excluding tert-OH is 2. The molecule has 10 heteroatoms. The van der Waals surface area contributed by atoms with E-state index < -0.39 is 23.5 Å². The Morgan fingerprint density at radius 3 is 2.78 bits per heavy atom.